The standard InChI is InChI=1S/C13H12N4O3/c1-2-11(12(18)19)17-13(20)16-10-4-3-8(6-14)9(5-10)7-15/h3-5,11H,2H2,1H3,(H,18,19)(H2,16,17,20)/t11-/m1/s1. The molecule has 102 valence electrons. The first kappa shape index (κ1) is 15.0. The van der Waals surface area contributed by atoms with Gasteiger partial charge in [-0.1, -0.05) is 6.92 Å². The summed E-state index contributed by atoms with van der Waals surface area (Å²) < 4.78 is 0. The van der Waals surface area contributed by atoms with Crippen molar-refractivity contribution in [3.8, 4) is 12.1 Å². The number of hydrogen-bond acceptors (Lipinski definition) is 4. The number of anilines is 1. The van der Waals surface area contributed by atoms with Gasteiger partial charge in [-0.05, 0) is 24.6 Å². The molecule has 0 saturated heterocycles. The summed E-state index contributed by atoms with van der Waals surface area (Å²) in [4.78, 5) is 22.4. The molecule has 0 aliphatic carbocycles. The molecule has 0 aromatic heterocycles. The third kappa shape index (κ3) is 3.72. The summed E-state index contributed by atoms with van der Waals surface area (Å²) in [5, 5.41) is 31.1. The van der Waals surface area contributed by atoms with Crippen molar-refractivity contribution >= 4 is 17.7 Å². The van der Waals surface area contributed by atoms with Gasteiger partial charge in [0.05, 0.1) is 11.1 Å². The van der Waals surface area contributed by atoms with Gasteiger partial charge in [0.25, 0.3) is 0 Å². The van der Waals surface area contributed by atoms with Crippen LogP contribution in [0.4, 0.5) is 10.5 Å². The molecule has 0 aliphatic rings. The first-order chi connectivity index (χ1) is 9.51. The third-order valence-corrected chi connectivity index (χ3v) is 2.53. The van der Waals surface area contributed by atoms with Crippen molar-refractivity contribution in [3.05, 3.63) is 29.3 Å². The molecular weight excluding hydrogens is 260 g/mol. The molecule has 20 heavy (non-hydrogen) atoms. The number of nitrogens with zero attached hydrogens (tertiary/aromatic N) is 2. The second kappa shape index (κ2) is 6.76. The maximum absolute atomic E-state index is 11.6. The quantitative estimate of drug-likeness (QED) is 0.763. The monoisotopic (exact) mass is 272 g/mol. The lowest BCUT2D eigenvalue weighted by Gasteiger charge is -2.13. The molecule has 0 heterocycles. The molecule has 0 aliphatic heterocycles. The van der Waals surface area contributed by atoms with E-state index in [0.29, 0.717) is 5.69 Å². The summed E-state index contributed by atoms with van der Waals surface area (Å²) >= 11 is 0. The number of amides is 2. The van der Waals surface area contributed by atoms with Crippen LogP contribution in [-0.2, 0) is 4.79 Å². The van der Waals surface area contributed by atoms with Crippen LogP contribution in [0.2, 0.25) is 0 Å². The zero-order chi connectivity index (χ0) is 15.1. The Morgan fingerprint density at radius 3 is 2.45 bits per heavy atom. The first-order valence-electron chi connectivity index (χ1n) is 5.76. The fourth-order valence-corrected chi connectivity index (χ4v) is 1.48. The van der Waals surface area contributed by atoms with Gasteiger partial charge in [-0.2, -0.15) is 10.5 Å². The number of rotatable bonds is 4. The van der Waals surface area contributed by atoms with Crippen LogP contribution in [0, 0.1) is 22.7 Å². The Labute approximate surface area is 115 Å². The van der Waals surface area contributed by atoms with E-state index in [9.17, 15) is 9.59 Å². The summed E-state index contributed by atoms with van der Waals surface area (Å²) in [6.45, 7) is 1.63. The minimum Gasteiger partial charge on any atom is -0.480 e. The summed E-state index contributed by atoms with van der Waals surface area (Å²) in [5.41, 5.74) is 0.643. The minimum atomic E-state index is -1.12. The molecule has 3 N–H and O–H groups in total. The van der Waals surface area contributed by atoms with Crippen molar-refractivity contribution in [1.82, 2.24) is 5.32 Å². The molecular formula is C13H12N4O3. The lowest BCUT2D eigenvalue weighted by atomic mass is 10.1. The van der Waals surface area contributed by atoms with Crippen LogP contribution in [0.3, 0.4) is 0 Å². The Morgan fingerprint density at radius 1 is 1.30 bits per heavy atom. The van der Waals surface area contributed by atoms with Gasteiger partial charge in [0.1, 0.15) is 18.2 Å². The van der Waals surface area contributed by atoms with Crippen molar-refractivity contribution in [2.45, 2.75) is 19.4 Å². The average Bonchev–Trinajstić information content (AvgIpc) is 2.44. The Bertz CT molecular complexity index is 613. The average molecular weight is 272 g/mol. The Balaban J connectivity index is 2.80. The summed E-state index contributed by atoms with van der Waals surface area (Å²) in [5.74, 6) is -1.12. The van der Waals surface area contributed by atoms with E-state index >= 15 is 0 Å². The Hall–Kier alpha value is -3.06. The molecule has 0 radical (unpaired) electrons. The van der Waals surface area contributed by atoms with Gasteiger partial charge in [-0.25, -0.2) is 9.59 Å². The number of carboxylic acids is 1. The molecule has 1 atom stereocenters. The number of hydrogen-bond donors (Lipinski definition) is 3. The lowest BCUT2D eigenvalue weighted by Crippen LogP contribution is -2.42. The fraction of sp³-hybridized carbons (Fsp3) is 0.231. The third-order valence-electron chi connectivity index (χ3n) is 2.53. The number of nitriles is 2. The predicted octanol–water partition coefficient (Wildman–Crippen LogP) is 1.41. The van der Waals surface area contributed by atoms with Crippen molar-refractivity contribution in [3.63, 3.8) is 0 Å². The van der Waals surface area contributed by atoms with Gasteiger partial charge in [0.2, 0.25) is 0 Å². The molecule has 0 fully saturated rings. The molecule has 0 unspecified atom stereocenters. The van der Waals surface area contributed by atoms with E-state index in [4.69, 9.17) is 15.6 Å². The lowest BCUT2D eigenvalue weighted by molar-refractivity contribution is -0.139. The van der Waals surface area contributed by atoms with Crippen LogP contribution < -0.4 is 10.6 Å². The molecule has 0 spiro atoms. The highest BCUT2D eigenvalue weighted by molar-refractivity contribution is 5.92. The number of urea groups is 1. The molecule has 7 nitrogen and oxygen atoms in total. The number of benzene rings is 1. The van der Waals surface area contributed by atoms with E-state index in [1.165, 1.54) is 18.2 Å². The van der Waals surface area contributed by atoms with Crippen LogP contribution in [0.1, 0.15) is 24.5 Å². The zero-order valence-electron chi connectivity index (χ0n) is 10.7. The summed E-state index contributed by atoms with van der Waals surface area (Å²) in [6, 6.07) is 6.24. The topological polar surface area (TPSA) is 126 Å². The van der Waals surface area contributed by atoms with Gasteiger partial charge < -0.3 is 15.7 Å². The normalized spacial score (nSPS) is 10.8. The number of carboxylic acid groups (broad SMARTS) is 1. The van der Waals surface area contributed by atoms with E-state index < -0.39 is 18.0 Å². The van der Waals surface area contributed by atoms with Crippen molar-refractivity contribution < 1.29 is 14.7 Å². The van der Waals surface area contributed by atoms with E-state index in [0.717, 1.165) is 0 Å². The molecule has 1 aromatic rings. The maximum atomic E-state index is 11.6. The minimum absolute atomic E-state index is 0.135. The highest BCUT2D eigenvalue weighted by Gasteiger charge is 2.17. The van der Waals surface area contributed by atoms with Gasteiger partial charge in [0.15, 0.2) is 0 Å². The zero-order valence-corrected chi connectivity index (χ0v) is 10.7. The first-order valence-corrected chi connectivity index (χ1v) is 5.76. The Morgan fingerprint density at radius 2 is 1.95 bits per heavy atom. The smallest absolute Gasteiger partial charge is 0.326 e. The largest absolute Gasteiger partial charge is 0.480 e. The van der Waals surface area contributed by atoms with E-state index in [2.05, 4.69) is 10.6 Å². The van der Waals surface area contributed by atoms with Gasteiger partial charge >= 0.3 is 12.0 Å². The molecule has 0 bridgehead atoms. The molecule has 7 heteroatoms. The number of aliphatic carboxylic acids is 1. The van der Waals surface area contributed by atoms with Crippen LogP contribution in [-0.4, -0.2) is 23.1 Å². The Kier molecular flexibility index (Phi) is 5.07. The number of carbonyl (C=O) groups excluding carboxylic acids is 1. The highest BCUT2D eigenvalue weighted by atomic mass is 16.4. The number of nitrogens with one attached hydrogen (secondary N) is 2. The van der Waals surface area contributed by atoms with Crippen LogP contribution in [0.5, 0.6) is 0 Å². The van der Waals surface area contributed by atoms with Crippen molar-refractivity contribution in [2.75, 3.05) is 5.32 Å². The van der Waals surface area contributed by atoms with Crippen LogP contribution in [0.15, 0.2) is 18.2 Å². The van der Waals surface area contributed by atoms with E-state index in [1.54, 1.807) is 6.92 Å². The van der Waals surface area contributed by atoms with E-state index in [1.807, 2.05) is 12.1 Å². The highest BCUT2D eigenvalue weighted by Crippen LogP contribution is 2.14. The van der Waals surface area contributed by atoms with Crippen LogP contribution in [0.25, 0.3) is 0 Å². The summed E-state index contributed by atoms with van der Waals surface area (Å²) in [6.07, 6.45) is 0.250. The van der Waals surface area contributed by atoms with Crippen LogP contribution >= 0.6 is 0 Å². The second-order valence-electron chi connectivity index (χ2n) is 3.88. The number of carbonyl (C=O) groups is 2. The maximum Gasteiger partial charge on any atom is 0.326 e. The molecule has 0 saturated carbocycles. The van der Waals surface area contributed by atoms with E-state index in [-0.39, 0.29) is 17.5 Å². The van der Waals surface area contributed by atoms with Gasteiger partial charge in [0, 0.05) is 5.69 Å². The molecule has 2 amide bonds. The molecule has 1 aromatic carbocycles. The van der Waals surface area contributed by atoms with Gasteiger partial charge in [-0.15, -0.1) is 0 Å². The van der Waals surface area contributed by atoms with Crippen molar-refractivity contribution in [1.29, 1.82) is 10.5 Å². The molecule has 1 rings (SSSR count). The van der Waals surface area contributed by atoms with Crippen molar-refractivity contribution in [2.24, 2.45) is 0 Å². The predicted molar refractivity (Wildman–Crippen MR) is 69.7 cm³/mol. The second-order valence-corrected chi connectivity index (χ2v) is 3.88. The fourth-order valence-electron chi connectivity index (χ4n) is 1.48. The summed E-state index contributed by atoms with van der Waals surface area (Å²) in [7, 11) is 0. The SMILES string of the molecule is CC[C@@H](NC(=O)Nc1ccc(C#N)c(C#N)c1)C(=O)O. The van der Waals surface area contributed by atoms with Gasteiger partial charge in [-0.3, -0.25) is 0 Å².